The van der Waals surface area contributed by atoms with E-state index >= 15 is 0 Å². The van der Waals surface area contributed by atoms with Crippen molar-refractivity contribution >= 4 is 17.2 Å². The Morgan fingerprint density at radius 1 is 1.37 bits per heavy atom. The fraction of sp³-hybridized carbons (Fsp3) is 0.769. The van der Waals surface area contributed by atoms with Gasteiger partial charge in [-0.25, -0.2) is 0 Å². The summed E-state index contributed by atoms with van der Waals surface area (Å²) in [7, 11) is 0. The Labute approximate surface area is 118 Å². The molecule has 5 nitrogen and oxygen atoms in total. The highest BCUT2D eigenvalue weighted by Gasteiger charge is 2.21. The van der Waals surface area contributed by atoms with Crippen LogP contribution in [-0.2, 0) is 16.8 Å². The fourth-order valence-electron chi connectivity index (χ4n) is 1.58. The molecule has 0 unspecified atom stereocenters. The van der Waals surface area contributed by atoms with E-state index in [0.717, 1.165) is 22.5 Å². The Bertz CT molecular complexity index is 434. The molecule has 6 heteroatoms. The summed E-state index contributed by atoms with van der Waals surface area (Å²) in [5, 5.41) is 16.2. The van der Waals surface area contributed by atoms with Crippen LogP contribution in [0.25, 0.3) is 0 Å². The van der Waals surface area contributed by atoms with E-state index in [4.69, 9.17) is 0 Å². The number of carbonyl (C=O) groups excluding carboxylic acids is 1. The first-order chi connectivity index (χ1) is 8.95. The number of rotatable bonds is 6. The van der Waals surface area contributed by atoms with Crippen LogP contribution in [-0.4, -0.2) is 29.2 Å². The number of hydrogen-bond donors (Lipinski definition) is 2. The number of nitrogens with zero attached hydrogens (tertiary/aromatic N) is 2. The summed E-state index contributed by atoms with van der Waals surface area (Å²) in [4.78, 5) is 11.6. The third-order valence-corrected chi connectivity index (χ3v) is 4.31. The van der Waals surface area contributed by atoms with Gasteiger partial charge in [-0.3, -0.25) is 4.79 Å². The molecule has 1 amide bonds. The first-order valence-corrected chi connectivity index (χ1v) is 7.57. The maximum Gasteiger partial charge on any atom is 0.234 e. The van der Waals surface area contributed by atoms with Crippen molar-refractivity contribution < 1.29 is 4.79 Å². The van der Waals surface area contributed by atoms with Crippen LogP contribution in [0.15, 0.2) is 0 Å². The summed E-state index contributed by atoms with van der Waals surface area (Å²) in [5.74, 6) is 0.818. The lowest BCUT2D eigenvalue weighted by molar-refractivity contribution is -0.120. The van der Waals surface area contributed by atoms with E-state index in [1.807, 2.05) is 0 Å². The molecular formula is C13H22N4OS. The van der Waals surface area contributed by atoms with Gasteiger partial charge in [0, 0.05) is 5.41 Å². The Balaban J connectivity index is 1.69. The van der Waals surface area contributed by atoms with Gasteiger partial charge in [-0.2, -0.15) is 0 Å². The molecule has 1 fully saturated rings. The van der Waals surface area contributed by atoms with Gasteiger partial charge in [0.2, 0.25) is 5.91 Å². The molecule has 0 aromatic carbocycles. The molecule has 1 saturated carbocycles. The lowest BCUT2D eigenvalue weighted by Crippen LogP contribution is -2.34. The molecule has 1 aromatic heterocycles. The first-order valence-electron chi connectivity index (χ1n) is 6.75. The molecule has 0 atom stereocenters. The van der Waals surface area contributed by atoms with Gasteiger partial charge < -0.3 is 10.6 Å². The van der Waals surface area contributed by atoms with Crippen molar-refractivity contribution in [2.24, 2.45) is 5.92 Å². The summed E-state index contributed by atoms with van der Waals surface area (Å²) in [6, 6.07) is 0. The van der Waals surface area contributed by atoms with Crippen molar-refractivity contribution in [1.29, 1.82) is 0 Å². The average Bonchev–Trinajstić information content (AvgIpc) is 3.01. The zero-order chi connectivity index (χ0) is 13.9. The van der Waals surface area contributed by atoms with Gasteiger partial charge in [-0.1, -0.05) is 32.1 Å². The Morgan fingerprint density at radius 2 is 2.11 bits per heavy atom. The van der Waals surface area contributed by atoms with Gasteiger partial charge in [-0.15, -0.1) is 10.2 Å². The van der Waals surface area contributed by atoms with E-state index in [1.165, 1.54) is 12.8 Å². The van der Waals surface area contributed by atoms with E-state index in [1.54, 1.807) is 11.3 Å². The smallest absolute Gasteiger partial charge is 0.234 e. The fourth-order valence-corrected chi connectivity index (χ4v) is 2.41. The summed E-state index contributed by atoms with van der Waals surface area (Å²) in [6.07, 6.45) is 2.60. The standard InChI is InChI=1S/C13H22N4OS/c1-13(2,3)12-17-16-11(19-12)8-15-10(18)7-14-6-9-4-5-9/h9,14H,4-8H2,1-3H3,(H,15,18). The molecule has 0 spiro atoms. The van der Waals surface area contributed by atoms with Crippen LogP contribution in [0.5, 0.6) is 0 Å². The van der Waals surface area contributed by atoms with Crippen LogP contribution in [0.1, 0.15) is 43.6 Å². The molecular weight excluding hydrogens is 260 g/mol. The monoisotopic (exact) mass is 282 g/mol. The largest absolute Gasteiger partial charge is 0.348 e. The maximum atomic E-state index is 11.6. The molecule has 0 aliphatic heterocycles. The van der Waals surface area contributed by atoms with Gasteiger partial charge in [-0.05, 0) is 25.3 Å². The van der Waals surface area contributed by atoms with Crippen LogP contribution in [0.3, 0.4) is 0 Å². The van der Waals surface area contributed by atoms with Crippen LogP contribution in [0.4, 0.5) is 0 Å². The first kappa shape index (κ1) is 14.4. The Morgan fingerprint density at radius 3 is 2.68 bits per heavy atom. The second-order valence-corrected chi connectivity index (χ2v) is 7.16. The zero-order valence-electron chi connectivity index (χ0n) is 11.8. The summed E-state index contributed by atoms with van der Waals surface area (Å²) < 4.78 is 0. The molecule has 2 rings (SSSR count). The molecule has 1 aliphatic carbocycles. The summed E-state index contributed by atoms with van der Waals surface area (Å²) in [5.41, 5.74) is 0.0196. The number of amides is 1. The maximum absolute atomic E-state index is 11.6. The number of aromatic nitrogens is 2. The topological polar surface area (TPSA) is 66.9 Å². The van der Waals surface area contributed by atoms with E-state index < -0.39 is 0 Å². The lowest BCUT2D eigenvalue weighted by atomic mass is 9.98. The molecule has 2 N–H and O–H groups in total. The van der Waals surface area contributed by atoms with Crippen molar-refractivity contribution in [2.45, 2.75) is 45.6 Å². The minimum Gasteiger partial charge on any atom is -0.348 e. The second kappa shape index (κ2) is 5.96. The van der Waals surface area contributed by atoms with Crippen molar-refractivity contribution in [1.82, 2.24) is 20.8 Å². The van der Waals surface area contributed by atoms with Crippen molar-refractivity contribution in [2.75, 3.05) is 13.1 Å². The van der Waals surface area contributed by atoms with Crippen molar-refractivity contribution in [3.63, 3.8) is 0 Å². The lowest BCUT2D eigenvalue weighted by Gasteiger charge is -2.12. The van der Waals surface area contributed by atoms with Gasteiger partial charge >= 0.3 is 0 Å². The van der Waals surface area contributed by atoms with E-state index in [-0.39, 0.29) is 11.3 Å². The minimum atomic E-state index is 0.0196. The third kappa shape index (κ3) is 4.87. The SMILES string of the molecule is CC(C)(C)c1nnc(CNC(=O)CNCC2CC2)s1. The van der Waals surface area contributed by atoms with Crippen LogP contribution in [0, 0.1) is 5.92 Å². The molecule has 1 aliphatic rings. The number of nitrogens with one attached hydrogen (secondary N) is 2. The number of hydrogen-bond acceptors (Lipinski definition) is 5. The summed E-state index contributed by atoms with van der Waals surface area (Å²) >= 11 is 1.56. The third-order valence-electron chi connectivity index (χ3n) is 2.96. The summed E-state index contributed by atoms with van der Waals surface area (Å²) in [6.45, 7) is 8.15. The van der Waals surface area contributed by atoms with E-state index in [2.05, 4.69) is 41.6 Å². The molecule has 0 bridgehead atoms. The minimum absolute atomic E-state index is 0.0196. The normalized spacial score (nSPS) is 15.5. The van der Waals surface area contributed by atoms with Gasteiger partial charge in [0.25, 0.3) is 0 Å². The van der Waals surface area contributed by atoms with Gasteiger partial charge in [0.1, 0.15) is 10.0 Å². The molecule has 19 heavy (non-hydrogen) atoms. The molecule has 1 aromatic rings. The Kier molecular flexibility index (Phi) is 4.52. The quantitative estimate of drug-likeness (QED) is 0.829. The Hall–Kier alpha value is -1.01. The molecule has 106 valence electrons. The average molecular weight is 282 g/mol. The van der Waals surface area contributed by atoms with Gasteiger partial charge in [0.05, 0.1) is 13.1 Å². The van der Waals surface area contributed by atoms with Crippen LogP contribution >= 0.6 is 11.3 Å². The van der Waals surface area contributed by atoms with E-state index in [9.17, 15) is 4.79 Å². The molecule has 0 radical (unpaired) electrons. The number of carbonyl (C=O) groups is 1. The predicted octanol–water partition coefficient (Wildman–Crippen LogP) is 1.45. The van der Waals surface area contributed by atoms with Crippen molar-refractivity contribution in [3.05, 3.63) is 10.0 Å². The highest BCUT2D eigenvalue weighted by Crippen LogP contribution is 2.27. The van der Waals surface area contributed by atoms with Gasteiger partial charge in [0.15, 0.2) is 0 Å². The van der Waals surface area contributed by atoms with Crippen molar-refractivity contribution in [3.8, 4) is 0 Å². The highest BCUT2D eigenvalue weighted by molar-refractivity contribution is 7.11. The predicted molar refractivity (Wildman–Crippen MR) is 76.0 cm³/mol. The van der Waals surface area contributed by atoms with Crippen LogP contribution in [0.2, 0.25) is 0 Å². The highest BCUT2D eigenvalue weighted by atomic mass is 32.1. The molecule has 1 heterocycles. The van der Waals surface area contributed by atoms with E-state index in [0.29, 0.717) is 13.1 Å². The van der Waals surface area contributed by atoms with Crippen LogP contribution < -0.4 is 10.6 Å². The molecule has 0 saturated heterocycles. The zero-order valence-corrected chi connectivity index (χ0v) is 12.6. The second-order valence-electron chi connectivity index (χ2n) is 6.10.